The van der Waals surface area contributed by atoms with Crippen LogP contribution in [0, 0.1) is 5.92 Å². The van der Waals surface area contributed by atoms with Crippen molar-refractivity contribution in [2.45, 2.75) is 39.8 Å². The Morgan fingerprint density at radius 3 is 2.60 bits per heavy atom. The first-order valence-electron chi connectivity index (χ1n) is 11.4. The van der Waals surface area contributed by atoms with Gasteiger partial charge in [-0.1, -0.05) is 31.2 Å². The summed E-state index contributed by atoms with van der Waals surface area (Å²) in [6.07, 6.45) is 2.68. The zero-order valence-electron chi connectivity index (χ0n) is 18.7. The van der Waals surface area contributed by atoms with Gasteiger partial charge in [0.1, 0.15) is 0 Å². The molecule has 6 nitrogen and oxygen atoms in total. The van der Waals surface area contributed by atoms with Gasteiger partial charge in [-0.3, -0.25) is 9.80 Å². The molecule has 0 bridgehead atoms. The third-order valence-corrected chi connectivity index (χ3v) is 5.83. The molecule has 0 spiro atoms. The molecule has 0 radical (unpaired) electrons. The smallest absolute Gasteiger partial charge is 0.191 e. The number of benzene rings is 1. The lowest BCUT2D eigenvalue weighted by Gasteiger charge is -2.31. The number of hydrogen-bond acceptors (Lipinski definition) is 4. The van der Waals surface area contributed by atoms with Crippen LogP contribution >= 0.6 is 24.0 Å². The lowest BCUT2D eigenvalue weighted by Crippen LogP contribution is -2.44. The van der Waals surface area contributed by atoms with Gasteiger partial charge in [-0.15, -0.1) is 24.0 Å². The van der Waals surface area contributed by atoms with E-state index in [1.807, 2.05) is 0 Å². The van der Waals surface area contributed by atoms with E-state index in [1.54, 1.807) is 0 Å². The zero-order chi connectivity index (χ0) is 20.3. The summed E-state index contributed by atoms with van der Waals surface area (Å²) in [5.74, 6) is 1.71. The van der Waals surface area contributed by atoms with Gasteiger partial charge in [0.2, 0.25) is 0 Å². The summed E-state index contributed by atoms with van der Waals surface area (Å²) < 4.78 is 5.42. The SMILES string of the molecule is CCNC(=NCc1ccccc1CN1CCCC(C)C1)NCCN1CCOCC1.I. The van der Waals surface area contributed by atoms with Crippen LogP contribution in [-0.4, -0.2) is 74.8 Å². The largest absolute Gasteiger partial charge is 0.379 e. The Kier molecular flexibility index (Phi) is 12.0. The number of halogens is 1. The minimum atomic E-state index is 0. The van der Waals surface area contributed by atoms with E-state index in [4.69, 9.17) is 9.73 Å². The first-order chi connectivity index (χ1) is 14.2. The van der Waals surface area contributed by atoms with Crippen molar-refractivity contribution in [3.05, 3.63) is 35.4 Å². The zero-order valence-corrected chi connectivity index (χ0v) is 21.1. The Labute approximate surface area is 199 Å². The third kappa shape index (κ3) is 8.69. The fourth-order valence-electron chi connectivity index (χ4n) is 4.20. The minimum Gasteiger partial charge on any atom is -0.379 e. The molecule has 2 fully saturated rings. The average Bonchev–Trinajstić information content (AvgIpc) is 2.74. The molecule has 1 aromatic carbocycles. The molecule has 30 heavy (non-hydrogen) atoms. The van der Waals surface area contributed by atoms with E-state index in [9.17, 15) is 0 Å². The van der Waals surface area contributed by atoms with Gasteiger partial charge in [0, 0.05) is 45.8 Å². The first-order valence-corrected chi connectivity index (χ1v) is 11.4. The summed E-state index contributed by atoms with van der Waals surface area (Å²) in [4.78, 5) is 9.91. The van der Waals surface area contributed by atoms with Crippen LogP contribution in [0.25, 0.3) is 0 Å². The molecule has 0 saturated carbocycles. The normalized spacial score (nSPS) is 21.1. The number of hydrogen-bond donors (Lipinski definition) is 2. The molecule has 0 aliphatic carbocycles. The molecular formula is C23H40IN5O. The van der Waals surface area contributed by atoms with Crippen LogP contribution in [0.3, 0.4) is 0 Å². The van der Waals surface area contributed by atoms with Crippen LogP contribution in [0.5, 0.6) is 0 Å². The fourth-order valence-corrected chi connectivity index (χ4v) is 4.20. The van der Waals surface area contributed by atoms with Crippen LogP contribution in [-0.2, 0) is 17.8 Å². The summed E-state index contributed by atoms with van der Waals surface area (Å²) in [6.45, 7) is 15.2. The van der Waals surface area contributed by atoms with Gasteiger partial charge in [0.25, 0.3) is 0 Å². The lowest BCUT2D eigenvalue weighted by atomic mass is 9.99. The van der Waals surface area contributed by atoms with Gasteiger partial charge in [-0.25, -0.2) is 4.99 Å². The first kappa shape index (κ1) is 25.4. The third-order valence-electron chi connectivity index (χ3n) is 5.83. The number of nitrogens with one attached hydrogen (secondary N) is 2. The topological polar surface area (TPSA) is 52.1 Å². The van der Waals surface area contributed by atoms with Gasteiger partial charge in [0.05, 0.1) is 19.8 Å². The van der Waals surface area contributed by atoms with Gasteiger partial charge in [0.15, 0.2) is 5.96 Å². The van der Waals surface area contributed by atoms with Crippen LogP contribution in [0.1, 0.15) is 37.8 Å². The van der Waals surface area contributed by atoms with E-state index < -0.39 is 0 Å². The molecule has 2 N–H and O–H groups in total. The Morgan fingerprint density at radius 1 is 1.10 bits per heavy atom. The number of likely N-dealkylation sites (tertiary alicyclic amines) is 1. The molecule has 2 heterocycles. The number of rotatable bonds is 8. The number of guanidine groups is 1. The molecule has 3 rings (SSSR count). The maximum Gasteiger partial charge on any atom is 0.191 e. The molecule has 170 valence electrons. The van der Waals surface area contributed by atoms with Gasteiger partial charge in [-0.2, -0.15) is 0 Å². The summed E-state index contributed by atoms with van der Waals surface area (Å²) in [5.41, 5.74) is 2.74. The van der Waals surface area contributed by atoms with Crippen molar-refractivity contribution in [3.63, 3.8) is 0 Å². The highest BCUT2D eigenvalue weighted by atomic mass is 127. The lowest BCUT2D eigenvalue weighted by molar-refractivity contribution is 0.0389. The van der Waals surface area contributed by atoms with Crippen LogP contribution in [0.4, 0.5) is 0 Å². The molecule has 1 atom stereocenters. The Morgan fingerprint density at radius 2 is 1.87 bits per heavy atom. The molecule has 1 aromatic rings. The molecule has 1 unspecified atom stereocenters. The summed E-state index contributed by atoms with van der Waals surface area (Å²) in [5, 5.41) is 6.87. The van der Waals surface area contributed by atoms with E-state index in [0.29, 0.717) is 6.54 Å². The molecule has 0 amide bonds. The molecule has 0 aromatic heterocycles. The molecule has 7 heteroatoms. The van der Waals surface area contributed by atoms with Crippen LogP contribution < -0.4 is 10.6 Å². The summed E-state index contributed by atoms with van der Waals surface area (Å²) >= 11 is 0. The molecule has 2 aliphatic heterocycles. The quantitative estimate of drug-likeness (QED) is 0.308. The number of aliphatic imine (C=N–C) groups is 1. The average molecular weight is 530 g/mol. The van der Waals surface area contributed by atoms with Crippen molar-refractivity contribution in [2.24, 2.45) is 10.9 Å². The van der Waals surface area contributed by atoms with E-state index in [-0.39, 0.29) is 24.0 Å². The molecule has 2 saturated heterocycles. The Balaban J connectivity index is 0.00000320. The number of morpholine rings is 1. The summed E-state index contributed by atoms with van der Waals surface area (Å²) in [6, 6.07) is 8.78. The highest BCUT2D eigenvalue weighted by molar-refractivity contribution is 14.0. The Bertz CT molecular complexity index is 636. The summed E-state index contributed by atoms with van der Waals surface area (Å²) in [7, 11) is 0. The van der Waals surface area contributed by atoms with Gasteiger partial charge in [-0.05, 0) is 43.4 Å². The van der Waals surface area contributed by atoms with Crippen molar-refractivity contribution in [1.29, 1.82) is 0 Å². The molecule has 2 aliphatic rings. The highest BCUT2D eigenvalue weighted by Crippen LogP contribution is 2.20. The van der Waals surface area contributed by atoms with Gasteiger partial charge >= 0.3 is 0 Å². The van der Waals surface area contributed by atoms with E-state index in [0.717, 1.165) is 64.4 Å². The maximum atomic E-state index is 5.42. The predicted molar refractivity (Wildman–Crippen MR) is 136 cm³/mol. The van der Waals surface area contributed by atoms with Crippen molar-refractivity contribution >= 4 is 29.9 Å². The number of nitrogens with zero attached hydrogens (tertiary/aromatic N) is 3. The number of ether oxygens (including phenoxy) is 1. The predicted octanol–water partition coefficient (Wildman–Crippen LogP) is 2.92. The Hall–Kier alpha value is -0.900. The van der Waals surface area contributed by atoms with E-state index in [2.05, 4.69) is 58.5 Å². The van der Waals surface area contributed by atoms with Crippen molar-refractivity contribution < 1.29 is 4.74 Å². The minimum absolute atomic E-state index is 0. The maximum absolute atomic E-state index is 5.42. The molecular weight excluding hydrogens is 489 g/mol. The monoisotopic (exact) mass is 529 g/mol. The van der Waals surface area contributed by atoms with Crippen molar-refractivity contribution in [3.8, 4) is 0 Å². The fraction of sp³-hybridized carbons (Fsp3) is 0.696. The van der Waals surface area contributed by atoms with E-state index in [1.165, 1.54) is 37.1 Å². The standard InChI is InChI=1S/C23H39N5O.HI/c1-3-24-23(25-10-12-27-13-15-29-16-14-27)26-17-21-8-4-5-9-22(21)19-28-11-6-7-20(2)18-28;/h4-5,8-9,20H,3,6-7,10-19H2,1-2H3,(H2,24,25,26);1H. The van der Waals surface area contributed by atoms with E-state index >= 15 is 0 Å². The van der Waals surface area contributed by atoms with Crippen molar-refractivity contribution in [2.75, 3.05) is 59.0 Å². The second-order valence-corrected chi connectivity index (χ2v) is 8.33. The second-order valence-electron chi connectivity index (χ2n) is 8.33. The highest BCUT2D eigenvalue weighted by Gasteiger charge is 2.17. The van der Waals surface area contributed by atoms with Crippen LogP contribution in [0.2, 0.25) is 0 Å². The van der Waals surface area contributed by atoms with Gasteiger partial charge < -0.3 is 15.4 Å². The van der Waals surface area contributed by atoms with Crippen molar-refractivity contribution in [1.82, 2.24) is 20.4 Å². The number of piperidine rings is 1. The van der Waals surface area contributed by atoms with Crippen LogP contribution in [0.15, 0.2) is 29.3 Å². The second kappa shape index (κ2) is 14.2.